The lowest BCUT2D eigenvalue weighted by Gasteiger charge is -2.00. The Labute approximate surface area is 151 Å². The number of rotatable bonds is 6. The third kappa shape index (κ3) is 4.16. The van der Waals surface area contributed by atoms with E-state index in [0.717, 1.165) is 29.0 Å². The van der Waals surface area contributed by atoms with E-state index >= 15 is 0 Å². The Bertz CT molecular complexity index is 914. The molecule has 132 valence electrons. The third-order valence-corrected chi connectivity index (χ3v) is 3.95. The molecule has 0 atom stereocenters. The zero-order chi connectivity index (χ0) is 18.4. The maximum absolute atomic E-state index is 12.2. The molecule has 0 aliphatic rings. The van der Waals surface area contributed by atoms with Crippen molar-refractivity contribution in [2.45, 2.75) is 13.3 Å². The molecule has 0 fully saturated rings. The number of aryl methyl sites for hydroxylation is 1. The number of H-pyrrole nitrogens is 1. The second kappa shape index (κ2) is 8.11. The highest BCUT2D eigenvalue weighted by Crippen LogP contribution is 2.18. The first-order valence-corrected chi connectivity index (χ1v) is 8.31. The summed E-state index contributed by atoms with van der Waals surface area (Å²) in [4.78, 5) is 12.2. The molecule has 3 rings (SSSR count). The van der Waals surface area contributed by atoms with Crippen molar-refractivity contribution in [3.05, 3.63) is 71.4 Å². The van der Waals surface area contributed by atoms with E-state index in [9.17, 15) is 4.79 Å². The van der Waals surface area contributed by atoms with E-state index in [1.54, 1.807) is 19.4 Å². The summed E-state index contributed by atoms with van der Waals surface area (Å²) in [5.74, 6) is 0.376. The summed E-state index contributed by atoms with van der Waals surface area (Å²) in [5.41, 5.74) is 6.59. The molecule has 6 nitrogen and oxygen atoms in total. The van der Waals surface area contributed by atoms with Gasteiger partial charge in [0.05, 0.1) is 19.0 Å². The number of hydrazone groups is 1. The average molecular weight is 348 g/mol. The number of nitrogens with one attached hydrogen (secondary N) is 2. The minimum absolute atomic E-state index is 0.349. The van der Waals surface area contributed by atoms with Gasteiger partial charge in [-0.05, 0) is 35.7 Å². The number of methoxy groups -OCH3 is 1. The number of carbonyl (C=O) groups excluding carboxylic acids is 1. The fourth-order valence-corrected chi connectivity index (χ4v) is 2.44. The summed E-state index contributed by atoms with van der Waals surface area (Å²) < 4.78 is 5.15. The van der Waals surface area contributed by atoms with Crippen LogP contribution in [0.15, 0.2) is 59.7 Å². The monoisotopic (exact) mass is 348 g/mol. The zero-order valence-electron chi connectivity index (χ0n) is 14.7. The first-order valence-electron chi connectivity index (χ1n) is 8.31. The normalized spacial score (nSPS) is 10.8. The molecule has 0 saturated heterocycles. The van der Waals surface area contributed by atoms with Gasteiger partial charge in [-0.15, -0.1) is 0 Å². The molecule has 1 aromatic heterocycles. The standard InChI is InChI=1S/C20H20N4O2/c1-3-14-7-9-16(10-8-14)18-12-19(23-22-18)20(25)24-21-13-15-5-4-6-17(11-15)26-2/h4-13H,3H2,1-2H3,(H,22,23)(H,24,25)/b21-13-. The second-order valence-electron chi connectivity index (χ2n) is 5.69. The van der Waals surface area contributed by atoms with Crippen molar-refractivity contribution in [3.63, 3.8) is 0 Å². The van der Waals surface area contributed by atoms with Crippen LogP contribution in [-0.4, -0.2) is 29.4 Å². The number of benzene rings is 2. The van der Waals surface area contributed by atoms with E-state index in [4.69, 9.17) is 4.74 Å². The third-order valence-electron chi connectivity index (χ3n) is 3.95. The van der Waals surface area contributed by atoms with Crippen LogP contribution in [0.1, 0.15) is 28.5 Å². The summed E-state index contributed by atoms with van der Waals surface area (Å²) >= 11 is 0. The van der Waals surface area contributed by atoms with Gasteiger partial charge in [-0.25, -0.2) is 5.43 Å². The molecule has 0 bridgehead atoms. The maximum atomic E-state index is 12.2. The second-order valence-corrected chi connectivity index (χ2v) is 5.69. The van der Waals surface area contributed by atoms with Gasteiger partial charge in [0.2, 0.25) is 0 Å². The summed E-state index contributed by atoms with van der Waals surface area (Å²) in [6, 6.07) is 17.2. The number of aromatic nitrogens is 2. The van der Waals surface area contributed by atoms with Crippen molar-refractivity contribution >= 4 is 12.1 Å². The van der Waals surface area contributed by atoms with Gasteiger partial charge in [0, 0.05) is 5.56 Å². The van der Waals surface area contributed by atoms with Gasteiger partial charge in [-0.2, -0.15) is 10.2 Å². The number of carbonyl (C=O) groups is 1. The van der Waals surface area contributed by atoms with E-state index in [-0.39, 0.29) is 5.91 Å². The maximum Gasteiger partial charge on any atom is 0.289 e. The first kappa shape index (κ1) is 17.4. The molecule has 26 heavy (non-hydrogen) atoms. The minimum Gasteiger partial charge on any atom is -0.497 e. The van der Waals surface area contributed by atoms with Gasteiger partial charge < -0.3 is 4.74 Å². The number of hydrogen-bond acceptors (Lipinski definition) is 4. The van der Waals surface area contributed by atoms with Crippen molar-refractivity contribution in [2.24, 2.45) is 5.10 Å². The van der Waals surface area contributed by atoms with Crippen LogP contribution in [0.5, 0.6) is 5.75 Å². The quantitative estimate of drug-likeness (QED) is 0.529. The van der Waals surface area contributed by atoms with Crippen molar-refractivity contribution in [1.82, 2.24) is 15.6 Å². The Morgan fingerprint density at radius 2 is 2.04 bits per heavy atom. The van der Waals surface area contributed by atoms with Gasteiger partial charge in [0.15, 0.2) is 0 Å². The zero-order valence-corrected chi connectivity index (χ0v) is 14.7. The fourth-order valence-electron chi connectivity index (χ4n) is 2.44. The van der Waals surface area contributed by atoms with Gasteiger partial charge >= 0.3 is 0 Å². The highest BCUT2D eigenvalue weighted by molar-refractivity contribution is 5.94. The number of hydrogen-bond donors (Lipinski definition) is 2. The van der Waals surface area contributed by atoms with E-state index in [0.29, 0.717) is 5.69 Å². The summed E-state index contributed by atoms with van der Waals surface area (Å²) in [7, 11) is 1.60. The minimum atomic E-state index is -0.354. The molecule has 0 saturated carbocycles. The van der Waals surface area contributed by atoms with Gasteiger partial charge in [0.25, 0.3) is 5.91 Å². The number of amides is 1. The van der Waals surface area contributed by atoms with Crippen LogP contribution in [0.3, 0.4) is 0 Å². The predicted molar refractivity (Wildman–Crippen MR) is 101 cm³/mol. The fraction of sp³-hybridized carbons (Fsp3) is 0.150. The number of ether oxygens (including phenoxy) is 1. The Balaban J connectivity index is 1.64. The van der Waals surface area contributed by atoms with E-state index < -0.39 is 0 Å². The Kier molecular flexibility index (Phi) is 5.43. The van der Waals surface area contributed by atoms with Crippen LogP contribution in [0.4, 0.5) is 0 Å². The molecule has 1 heterocycles. The lowest BCUT2D eigenvalue weighted by Crippen LogP contribution is -2.18. The van der Waals surface area contributed by atoms with E-state index in [1.807, 2.05) is 36.4 Å². The number of nitrogens with zero attached hydrogens (tertiary/aromatic N) is 2. The first-order chi connectivity index (χ1) is 12.7. The van der Waals surface area contributed by atoms with Crippen molar-refractivity contribution in [1.29, 1.82) is 0 Å². The smallest absolute Gasteiger partial charge is 0.289 e. The lowest BCUT2D eigenvalue weighted by atomic mass is 10.1. The highest BCUT2D eigenvalue weighted by atomic mass is 16.5. The largest absolute Gasteiger partial charge is 0.497 e. The SMILES string of the molecule is CCc1ccc(-c2cc(C(=O)N/N=C\c3cccc(OC)c3)[nH]n2)cc1. The van der Waals surface area contributed by atoms with Crippen molar-refractivity contribution in [3.8, 4) is 17.0 Å². The Morgan fingerprint density at radius 3 is 2.77 bits per heavy atom. The summed E-state index contributed by atoms with van der Waals surface area (Å²) in [5, 5.41) is 10.9. The van der Waals surface area contributed by atoms with Crippen LogP contribution in [0, 0.1) is 0 Å². The van der Waals surface area contributed by atoms with Crippen LogP contribution < -0.4 is 10.2 Å². The molecule has 0 spiro atoms. The van der Waals surface area contributed by atoms with Crippen molar-refractivity contribution < 1.29 is 9.53 Å². The van der Waals surface area contributed by atoms with Gasteiger partial charge in [-0.3, -0.25) is 9.89 Å². The Morgan fingerprint density at radius 1 is 1.23 bits per heavy atom. The molecular formula is C20H20N4O2. The van der Waals surface area contributed by atoms with Gasteiger partial charge in [0.1, 0.15) is 11.4 Å². The number of aromatic amines is 1. The van der Waals surface area contributed by atoms with Crippen LogP contribution in [0.25, 0.3) is 11.3 Å². The van der Waals surface area contributed by atoms with Crippen molar-refractivity contribution in [2.75, 3.05) is 7.11 Å². The average Bonchev–Trinajstić information content (AvgIpc) is 3.18. The molecule has 3 aromatic rings. The summed E-state index contributed by atoms with van der Waals surface area (Å²) in [6.45, 7) is 2.11. The highest BCUT2D eigenvalue weighted by Gasteiger charge is 2.10. The molecule has 2 aromatic carbocycles. The van der Waals surface area contributed by atoms with Crippen LogP contribution in [0.2, 0.25) is 0 Å². The lowest BCUT2D eigenvalue weighted by molar-refractivity contribution is 0.0950. The van der Waals surface area contributed by atoms with Crippen LogP contribution in [-0.2, 0) is 6.42 Å². The molecule has 6 heteroatoms. The predicted octanol–water partition coefficient (Wildman–Crippen LogP) is 3.41. The van der Waals surface area contributed by atoms with E-state index in [1.165, 1.54) is 5.56 Å². The molecule has 1 amide bonds. The molecule has 2 N–H and O–H groups in total. The Hall–Kier alpha value is -3.41. The topological polar surface area (TPSA) is 79.4 Å². The van der Waals surface area contributed by atoms with Crippen LogP contribution >= 0.6 is 0 Å². The molecule has 0 unspecified atom stereocenters. The summed E-state index contributed by atoms with van der Waals surface area (Å²) in [6.07, 6.45) is 2.54. The molecule has 0 aliphatic heterocycles. The molecule has 0 radical (unpaired) electrons. The molecule has 0 aliphatic carbocycles. The van der Waals surface area contributed by atoms with E-state index in [2.05, 4.69) is 39.8 Å². The molecular weight excluding hydrogens is 328 g/mol. The van der Waals surface area contributed by atoms with Gasteiger partial charge in [-0.1, -0.05) is 43.3 Å².